The quantitative estimate of drug-likeness (QED) is 0.749. The molecule has 0 bridgehead atoms. The molecule has 0 aromatic carbocycles. The Balaban J connectivity index is 2.41. The van der Waals surface area contributed by atoms with Crippen molar-refractivity contribution in [2.45, 2.75) is 13.3 Å². The van der Waals surface area contributed by atoms with Crippen molar-refractivity contribution in [1.82, 2.24) is 19.9 Å². The third-order valence-corrected chi connectivity index (χ3v) is 1.79. The van der Waals surface area contributed by atoms with Gasteiger partial charge in [-0.15, -0.1) is 0 Å². The highest BCUT2D eigenvalue weighted by Crippen LogP contribution is 2.07. The maximum absolute atomic E-state index is 4.33. The molecule has 2 aromatic rings. The average molecular weight is 174 g/mol. The van der Waals surface area contributed by atoms with E-state index in [9.17, 15) is 0 Å². The molecule has 0 fully saturated rings. The number of imidazole rings is 1. The summed E-state index contributed by atoms with van der Waals surface area (Å²) in [4.78, 5) is 15.5. The van der Waals surface area contributed by atoms with Gasteiger partial charge in [0.25, 0.3) is 0 Å². The molecule has 66 valence electrons. The molecule has 0 aliphatic rings. The molecule has 2 aromatic heterocycles. The molecular formula is C9H10N4. The number of rotatable bonds is 2. The molecule has 0 aliphatic heterocycles. The van der Waals surface area contributed by atoms with Gasteiger partial charge in [-0.1, -0.05) is 6.92 Å². The number of aromatic nitrogens is 4. The zero-order chi connectivity index (χ0) is 9.10. The standard InChI is InChI=1S/C9H10N4/c1-2-7-3-4-10-9(13-7)8-11-5-6-12-8/h3-6H,2H2,1H3,(H,11,12). The SMILES string of the molecule is CCc1ccnc(-c2ncc[nH]2)n1. The molecule has 0 amide bonds. The lowest BCUT2D eigenvalue weighted by atomic mass is 10.3. The molecule has 13 heavy (non-hydrogen) atoms. The van der Waals surface area contributed by atoms with Crippen molar-refractivity contribution in [2.75, 3.05) is 0 Å². The van der Waals surface area contributed by atoms with Crippen LogP contribution < -0.4 is 0 Å². The lowest BCUT2D eigenvalue weighted by Crippen LogP contribution is -1.94. The van der Waals surface area contributed by atoms with Crippen molar-refractivity contribution in [3.8, 4) is 11.6 Å². The predicted octanol–water partition coefficient (Wildman–Crippen LogP) is 1.43. The second-order valence-electron chi connectivity index (χ2n) is 2.66. The Morgan fingerprint density at radius 3 is 2.92 bits per heavy atom. The first kappa shape index (κ1) is 7.91. The molecule has 0 radical (unpaired) electrons. The van der Waals surface area contributed by atoms with Crippen molar-refractivity contribution < 1.29 is 0 Å². The van der Waals surface area contributed by atoms with Crippen molar-refractivity contribution in [2.24, 2.45) is 0 Å². The van der Waals surface area contributed by atoms with E-state index in [1.54, 1.807) is 18.6 Å². The fourth-order valence-corrected chi connectivity index (χ4v) is 1.09. The van der Waals surface area contributed by atoms with Crippen LogP contribution in [0.25, 0.3) is 11.6 Å². The van der Waals surface area contributed by atoms with E-state index >= 15 is 0 Å². The number of nitrogens with zero attached hydrogens (tertiary/aromatic N) is 3. The lowest BCUT2D eigenvalue weighted by molar-refractivity contribution is 0.992. The van der Waals surface area contributed by atoms with E-state index in [-0.39, 0.29) is 0 Å². The first-order chi connectivity index (χ1) is 6.40. The van der Waals surface area contributed by atoms with E-state index in [1.165, 1.54) is 0 Å². The molecular weight excluding hydrogens is 164 g/mol. The number of H-pyrrole nitrogens is 1. The van der Waals surface area contributed by atoms with Gasteiger partial charge in [-0.3, -0.25) is 0 Å². The van der Waals surface area contributed by atoms with Crippen LogP contribution in [0.4, 0.5) is 0 Å². The summed E-state index contributed by atoms with van der Waals surface area (Å²) < 4.78 is 0. The highest BCUT2D eigenvalue weighted by atomic mass is 15.0. The summed E-state index contributed by atoms with van der Waals surface area (Å²) in [5, 5.41) is 0. The number of nitrogens with one attached hydrogen (secondary N) is 1. The van der Waals surface area contributed by atoms with Gasteiger partial charge in [-0.25, -0.2) is 15.0 Å². The summed E-state index contributed by atoms with van der Waals surface area (Å²) >= 11 is 0. The molecule has 0 saturated carbocycles. The zero-order valence-electron chi connectivity index (χ0n) is 7.36. The van der Waals surface area contributed by atoms with Crippen LogP contribution in [-0.2, 0) is 6.42 Å². The second kappa shape index (κ2) is 3.35. The van der Waals surface area contributed by atoms with Crippen LogP contribution >= 0.6 is 0 Å². The summed E-state index contributed by atoms with van der Waals surface area (Å²) in [6.07, 6.45) is 6.12. The first-order valence-electron chi connectivity index (χ1n) is 4.22. The molecule has 2 heterocycles. The summed E-state index contributed by atoms with van der Waals surface area (Å²) in [5.41, 5.74) is 1.03. The van der Waals surface area contributed by atoms with E-state index in [0.29, 0.717) is 5.82 Å². The summed E-state index contributed by atoms with van der Waals surface area (Å²) in [6.45, 7) is 2.06. The summed E-state index contributed by atoms with van der Waals surface area (Å²) in [5.74, 6) is 1.37. The zero-order valence-corrected chi connectivity index (χ0v) is 7.36. The van der Waals surface area contributed by atoms with Crippen LogP contribution in [0.5, 0.6) is 0 Å². The third-order valence-electron chi connectivity index (χ3n) is 1.79. The van der Waals surface area contributed by atoms with Crippen molar-refractivity contribution in [3.63, 3.8) is 0 Å². The van der Waals surface area contributed by atoms with E-state index in [2.05, 4.69) is 26.9 Å². The van der Waals surface area contributed by atoms with Gasteiger partial charge >= 0.3 is 0 Å². The topological polar surface area (TPSA) is 54.5 Å². The normalized spacial score (nSPS) is 10.2. The van der Waals surface area contributed by atoms with E-state index < -0.39 is 0 Å². The molecule has 2 rings (SSSR count). The molecule has 4 heteroatoms. The van der Waals surface area contributed by atoms with Gasteiger partial charge in [0.15, 0.2) is 11.6 Å². The van der Waals surface area contributed by atoms with E-state index in [0.717, 1.165) is 17.9 Å². The van der Waals surface area contributed by atoms with Gasteiger partial charge in [0.1, 0.15) is 0 Å². The second-order valence-corrected chi connectivity index (χ2v) is 2.66. The third kappa shape index (κ3) is 1.56. The minimum Gasteiger partial charge on any atom is -0.342 e. The Morgan fingerprint density at radius 2 is 2.23 bits per heavy atom. The summed E-state index contributed by atoms with van der Waals surface area (Å²) in [6, 6.07) is 1.91. The molecule has 0 unspecified atom stereocenters. The number of hydrogen-bond acceptors (Lipinski definition) is 3. The lowest BCUT2D eigenvalue weighted by Gasteiger charge is -1.97. The Labute approximate surface area is 76.1 Å². The molecule has 0 saturated heterocycles. The fourth-order valence-electron chi connectivity index (χ4n) is 1.09. The summed E-state index contributed by atoms with van der Waals surface area (Å²) in [7, 11) is 0. The van der Waals surface area contributed by atoms with Crippen LogP contribution in [0.1, 0.15) is 12.6 Å². The molecule has 0 atom stereocenters. The van der Waals surface area contributed by atoms with Gasteiger partial charge < -0.3 is 4.98 Å². The van der Waals surface area contributed by atoms with Crippen LogP contribution in [0.15, 0.2) is 24.7 Å². The fraction of sp³-hybridized carbons (Fsp3) is 0.222. The van der Waals surface area contributed by atoms with Gasteiger partial charge in [0.2, 0.25) is 0 Å². The monoisotopic (exact) mass is 174 g/mol. The smallest absolute Gasteiger partial charge is 0.195 e. The largest absolute Gasteiger partial charge is 0.342 e. The van der Waals surface area contributed by atoms with Crippen LogP contribution in [0, 0.1) is 0 Å². The van der Waals surface area contributed by atoms with Gasteiger partial charge in [-0.2, -0.15) is 0 Å². The minimum atomic E-state index is 0.657. The van der Waals surface area contributed by atoms with Crippen molar-refractivity contribution in [3.05, 3.63) is 30.4 Å². The van der Waals surface area contributed by atoms with Crippen LogP contribution in [-0.4, -0.2) is 19.9 Å². The average Bonchev–Trinajstić information content (AvgIpc) is 2.71. The minimum absolute atomic E-state index is 0.657. The maximum Gasteiger partial charge on any atom is 0.195 e. The molecule has 1 N–H and O–H groups in total. The Kier molecular flexibility index (Phi) is 2.04. The first-order valence-corrected chi connectivity index (χ1v) is 4.22. The Hall–Kier alpha value is -1.71. The van der Waals surface area contributed by atoms with E-state index in [1.807, 2.05) is 6.07 Å². The molecule has 0 spiro atoms. The highest BCUT2D eigenvalue weighted by molar-refractivity contribution is 5.41. The molecule has 4 nitrogen and oxygen atoms in total. The van der Waals surface area contributed by atoms with Crippen LogP contribution in [0.3, 0.4) is 0 Å². The van der Waals surface area contributed by atoms with Gasteiger partial charge in [-0.05, 0) is 12.5 Å². The van der Waals surface area contributed by atoms with Gasteiger partial charge in [0.05, 0.1) is 0 Å². The number of aromatic amines is 1. The van der Waals surface area contributed by atoms with Crippen molar-refractivity contribution in [1.29, 1.82) is 0 Å². The Morgan fingerprint density at radius 1 is 1.31 bits per heavy atom. The highest BCUT2D eigenvalue weighted by Gasteiger charge is 2.02. The van der Waals surface area contributed by atoms with Gasteiger partial charge in [0, 0.05) is 24.3 Å². The predicted molar refractivity (Wildman–Crippen MR) is 49.0 cm³/mol. The van der Waals surface area contributed by atoms with Crippen molar-refractivity contribution >= 4 is 0 Å². The maximum atomic E-state index is 4.33. The van der Waals surface area contributed by atoms with E-state index in [4.69, 9.17) is 0 Å². The Bertz CT molecular complexity index is 380. The number of hydrogen-bond donors (Lipinski definition) is 1. The molecule has 0 aliphatic carbocycles. The van der Waals surface area contributed by atoms with Crippen LogP contribution in [0.2, 0.25) is 0 Å². The number of aryl methyl sites for hydroxylation is 1.